The first-order valence-corrected chi connectivity index (χ1v) is 9.18. The average molecular weight is 370 g/mol. The zero-order valence-corrected chi connectivity index (χ0v) is 15.3. The molecule has 5 heteroatoms. The van der Waals surface area contributed by atoms with Crippen molar-refractivity contribution in [2.24, 2.45) is 5.92 Å². The first kappa shape index (κ1) is 16.6. The summed E-state index contributed by atoms with van der Waals surface area (Å²) in [5.74, 6) is 0.0986. The van der Waals surface area contributed by atoms with Gasteiger partial charge in [0.25, 0.3) is 0 Å². The van der Waals surface area contributed by atoms with E-state index in [2.05, 4.69) is 0 Å². The molecule has 1 fully saturated rings. The zero-order valence-electron chi connectivity index (χ0n) is 15.3. The highest BCUT2D eigenvalue weighted by Gasteiger charge is 2.56. The van der Waals surface area contributed by atoms with Crippen molar-refractivity contribution < 1.29 is 14.3 Å². The molecule has 0 spiro atoms. The number of carbonyl (C=O) groups is 2. The van der Waals surface area contributed by atoms with Crippen molar-refractivity contribution in [1.82, 2.24) is 0 Å². The summed E-state index contributed by atoms with van der Waals surface area (Å²) in [5, 5.41) is 0. The van der Waals surface area contributed by atoms with E-state index < -0.39 is 5.92 Å². The fraction of sp³-hybridized carbons (Fsp3) is 0.130. The van der Waals surface area contributed by atoms with Crippen LogP contribution in [0, 0.1) is 5.92 Å². The lowest BCUT2D eigenvalue weighted by Gasteiger charge is -2.46. The van der Waals surface area contributed by atoms with Gasteiger partial charge in [0.2, 0.25) is 11.8 Å². The number of amides is 2. The highest BCUT2D eigenvalue weighted by molar-refractivity contribution is 6.19. The molecule has 0 bridgehead atoms. The second kappa shape index (κ2) is 6.23. The number of nitrogens with zero attached hydrogens (tertiary/aromatic N) is 2. The Bertz CT molecular complexity index is 1080. The topological polar surface area (TPSA) is 49.9 Å². The van der Waals surface area contributed by atoms with Crippen LogP contribution < -0.4 is 14.5 Å². The van der Waals surface area contributed by atoms with E-state index >= 15 is 0 Å². The van der Waals surface area contributed by atoms with Crippen LogP contribution in [0.3, 0.4) is 0 Å². The lowest BCUT2D eigenvalue weighted by atomic mass is 9.80. The van der Waals surface area contributed by atoms with Crippen LogP contribution in [0.1, 0.15) is 11.6 Å². The van der Waals surface area contributed by atoms with Crippen LogP contribution in [-0.2, 0) is 9.59 Å². The SMILES string of the molecule is CN(C(=O)[C@H]1C(=O)N2c3ccccc3Oc3ccccc3[C@H]12)c1ccccc1. The van der Waals surface area contributed by atoms with Crippen molar-refractivity contribution in [2.45, 2.75) is 6.04 Å². The minimum atomic E-state index is -0.777. The van der Waals surface area contributed by atoms with Gasteiger partial charge in [-0.3, -0.25) is 14.5 Å². The van der Waals surface area contributed by atoms with Crippen LogP contribution >= 0.6 is 0 Å². The molecule has 0 saturated carbocycles. The highest BCUT2D eigenvalue weighted by Crippen LogP contribution is 2.53. The summed E-state index contributed by atoms with van der Waals surface area (Å²) in [7, 11) is 1.71. The molecule has 2 aliphatic rings. The summed E-state index contributed by atoms with van der Waals surface area (Å²) in [5.41, 5.74) is 2.30. The van der Waals surface area contributed by atoms with Crippen LogP contribution in [0.5, 0.6) is 11.5 Å². The Hall–Kier alpha value is -3.60. The summed E-state index contributed by atoms with van der Waals surface area (Å²) in [6.07, 6.45) is 0. The number of benzene rings is 3. The largest absolute Gasteiger partial charge is 0.455 e. The number of hydrogen-bond acceptors (Lipinski definition) is 3. The molecule has 28 heavy (non-hydrogen) atoms. The summed E-state index contributed by atoms with van der Waals surface area (Å²) in [6.45, 7) is 0. The van der Waals surface area contributed by atoms with Crippen LogP contribution in [0.15, 0.2) is 78.9 Å². The van der Waals surface area contributed by atoms with Crippen LogP contribution in [0.25, 0.3) is 0 Å². The van der Waals surface area contributed by atoms with Crippen molar-refractivity contribution in [3.63, 3.8) is 0 Å². The minimum absolute atomic E-state index is 0.203. The van der Waals surface area contributed by atoms with E-state index in [4.69, 9.17) is 4.74 Å². The van der Waals surface area contributed by atoms with Crippen molar-refractivity contribution in [1.29, 1.82) is 0 Å². The fourth-order valence-electron chi connectivity index (χ4n) is 3.98. The highest BCUT2D eigenvalue weighted by atomic mass is 16.5. The van der Waals surface area contributed by atoms with Crippen molar-refractivity contribution >= 4 is 23.2 Å². The molecule has 2 atom stereocenters. The maximum Gasteiger partial charge on any atom is 0.242 e. The zero-order chi connectivity index (χ0) is 19.3. The van der Waals surface area contributed by atoms with Gasteiger partial charge in [0.1, 0.15) is 11.7 Å². The normalized spacial score (nSPS) is 19.3. The maximum absolute atomic E-state index is 13.3. The van der Waals surface area contributed by atoms with E-state index in [9.17, 15) is 9.59 Å². The van der Waals surface area contributed by atoms with Crippen molar-refractivity contribution in [3.8, 4) is 11.5 Å². The molecule has 2 aliphatic heterocycles. The molecule has 138 valence electrons. The van der Waals surface area contributed by atoms with E-state index in [1.54, 1.807) is 16.8 Å². The van der Waals surface area contributed by atoms with E-state index in [1.165, 1.54) is 0 Å². The molecular weight excluding hydrogens is 352 g/mol. The molecule has 0 aromatic heterocycles. The monoisotopic (exact) mass is 370 g/mol. The van der Waals surface area contributed by atoms with E-state index in [1.807, 2.05) is 78.9 Å². The number of hydrogen-bond donors (Lipinski definition) is 0. The number of ether oxygens (including phenoxy) is 1. The summed E-state index contributed by atoms with van der Waals surface area (Å²) < 4.78 is 6.09. The Morgan fingerprint density at radius 1 is 0.893 bits per heavy atom. The Labute approximate surface area is 162 Å². The number of anilines is 2. The summed E-state index contributed by atoms with van der Waals surface area (Å²) >= 11 is 0. The molecule has 0 N–H and O–H groups in total. The van der Waals surface area contributed by atoms with Gasteiger partial charge in [-0.25, -0.2) is 0 Å². The van der Waals surface area contributed by atoms with Crippen molar-refractivity contribution in [2.75, 3.05) is 16.8 Å². The average Bonchev–Trinajstić information content (AvgIpc) is 2.86. The van der Waals surface area contributed by atoms with Crippen LogP contribution in [0.2, 0.25) is 0 Å². The van der Waals surface area contributed by atoms with Gasteiger partial charge in [0.15, 0.2) is 5.75 Å². The standard InChI is InChI=1S/C23H18N2O3/c1-24(15-9-3-2-4-10-15)22(26)20-21-16-11-5-7-13-18(16)28-19-14-8-6-12-17(19)25(21)23(20)27/h2-14,20-21H,1H3/t20-,21+/m0/s1. The molecule has 3 aromatic rings. The van der Waals surface area contributed by atoms with Crippen LogP contribution in [0.4, 0.5) is 11.4 Å². The lowest BCUT2D eigenvalue weighted by Crippen LogP contribution is -2.60. The van der Waals surface area contributed by atoms with Gasteiger partial charge in [-0.1, -0.05) is 48.5 Å². The summed E-state index contributed by atoms with van der Waals surface area (Å²) in [6, 6.07) is 24.0. The molecule has 0 aliphatic carbocycles. The second-order valence-corrected chi connectivity index (χ2v) is 6.97. The Balaban J connectivity index is 1.59. The Morgan fingerprint density at radius 3 is 2.32 bits per heavy atom. The Kier molecular flexibility index (Phi) is 3.69. The molecule has 2 amide bonds. The molecule has 2 heterocycles. The maximum atomic E-state index is 13.3. The Morgan fingerprint density at radius 2 is 1.54 bits per heavy atom. The molecule has 5 nitrogen and oxygen atoms in total. The smallest absolute Gasteiger partial charge is 0.242 e. The van der Waals surface area contributed by atoms with Gasteiger partial charge in [0, 0.05) is 18.3 Å². The van der Waals surface area contributed by atoms with E-state index in [-0.39, 0.29) is 17.9 Å². The van der Waals surface area contributed by atoms with E-state index in [0.29, 0.717) is 17.2 Å². The van der Waals surface area contributed by atoms with Gasteiger partial charge in [0.05, 0.1) is 11.7 Å². The van der Waals surface area contributed by atoms with Crippen molar-refractivity contribution in [3.05, 3.63) is 84.4 Å². The molecular formula is C23H18N2O3. The lowest BCUT2D eigenvalue weighted by molar-refractivity contribution is -0.139. The number of rotatable bonds is 2. The number of para-hydroxylation sites is 4. The third-order valence-electron chi connectivity index (χ3n) is 5.42. The van der Waals surface area contributed by atoms with Gasteiger partial charge in [-0.05, 0) is 30.3 Å². The number of β-lactam (4-membered cyclic amide) rings is 1. The molecule has 0 unspecified atom stereocenters. The minimum Gasteiger partial charge on any atom is -0.455 e. The predicted octanol–water partition coefficient (Wildman–Crippen LogP) is 4.16. The second-order valence-electron chi connectivity index (χ2n) is 6.97. The quantitative estimate of drug-likeness (QED) is 0.503. The predicted molar refractivity (Wildman–Crippen MR) is 107 cm³/mol. The third-order valence-corrected chi connectivity index (χ3v) is 5.42. The number of carbonyl (C=O) groups excluding carboxylic acids is 2. The fourth-order valence-corrected chi connectivity index (χ4v) is 3.98. The third kappa shape index (κ3) is 2.33. The molecule has 1 saturated heterocycles. The van der Waals surface area contributed by atoms with Gasteiger partial charge in [-0.15, -0.1) is 0 Å². The van der Waals surface area contributed by atoms with Gasteiger partial charge < -0.3 is 9.64 Å². The first-order valence-electron chi connectivity index (χ1n) is 9.18. The van der Waals surface area contributed by atoms with Gasteiger partial charge >= 0.3 is 0 Å². The molecule has 5 rings (SSSR count). The number of fused-ring (bicyclic) bond motifs is 5. The van der Waals surface area contributed by atoms with Crippen LogP contribution in [-0.4, -0.2) is 18.9 Å². The molecule has 3 aromatic carbocycles. The first-order chi connectivity index (χ1) is 13.7. The molecule has 0 radical (unpaired) electrons. The summed E-state index contributed by atoms with van der Waals surface area (Å²) in [4.78, 5) is 29.6. The van der Waals surface area contributed by atoms with E-state index in [0.717, 1.165) is 11.3 Å². The van der Waals surface area contributed by atoms with Gasteiger partial charge in [-0.2, -0.15) is 0 Å².